The zero-order valence-corrected chi connectivity index (χ0v) is 17.0. The molecule has 0 saturated carbocycles. The van der Waals surface area contributed by atoms with E-state index >= 15 is 0 Å². The average molecular weight is 404 g/mol. The molecule has 7 heteroatoms. The number of hydrogen-bond acceptors (Lipinski definition) is 4. The third-order valence-electron chi connectivity index (χ3n) is 6.37. The quantitative estimate of drug-likeness (QED) is 0.798. The molecule has 1 unspecified atom stereocenters. The van der Waals surface area contributed by atoms with Crippen LogP contribution in [0.15, 0.2) is 30.5 Å². The van der Waals surface area contributed by atoms with E-state index in [0.29, 0.717) is 18.5 Å². The molecule has 1 fully saturated rings. The molecule has 0 radical (unpaired) electrons. The molecule has 3 amide bonds. The number of nitrogens with zero attached hydrogens (tertiary/aromatic N) is 3. The van der Waals surface area contributed by atoms with E-state index < -0.39 is 6.04 Å². The Bertz CT molecular complexity index is 1100. The first-order valence-electron chi connectivity index (χ1n) is 10.5. The summed E-state index contributed by atoms with van der Waals surface area (Å²) >= 11 is 0. The van der Waals surface area contributed by atoms with Crippen LogP contribution in [0.2, 0.25) is 0 Å². The molecule has 7 nitrogen and oxygen atoms in total. The number of aromatic nitrogens is 2. The normalized spacial score (nSPS) is 21.5. The van der Waals surface area contributed by atoms with E-state index in [1.165, 1.54) is 18.4 Å². The van der Waals surface area contributed by atoms with Crippen molar-refractivity contribution in [2.24, 2.45) is 7.05 Å². The first kappa shape index (κ1) is 18.8. The predicted molar refractivity (Wildman–Crippen MR) is 111 cm³/mol. The smallest absolute Gasteiger partial charge is 0.255 e. The first-order valence-corrected chi connectivity index (χ1v) is 10.5. The molecule has 154 valence electrons. The van der Waals surface area contributed by atoms with Gasteiger partial charge in [0.05, 0.1) is 11.9 Å². The Hall–Kier alpha value is -3.22. The van der Waals surface area contributed by atoms with E-state index in [4.69, 9.17) is 0 Å². The summed E-state index contributed by atoms with van der Waals surface area (Å²) in [5, 5.41) is 6.84. The highest BCUT2D eigenvalue weighted by Crippen LogP contribution is 2.36. The minimum Gasteiger partial charge on any atom is -0.322 e. The van der Waals surface area contributed by atoms with Crippen LogP contribution in [-0.2, 0) is 23.2 Å². The van der Waals surface area contributed by atoms with Crippen LogP contribution in [0.25, 0.3) is 16.7 Å². The molecule has 3 heterocycles. The van der Waals surface area contributed by atoms with Gasteiger partial charge in [-0.05, 0) is 60.9 Å². The third kappa shape index (κ3) is 3.05. The lowest BCUT2D eigenvalue weighted by atomic mass is 9.92. The molecular formula is C23H24N4O3. The van der Waals surface area contributed by atoms with Crippen LogP contribution < -0.4 is 5.32 Å². The summed E-state index contributed by atoms with van der Waals surface area (Å²) in [7, 11) is 1.97. The Kier molecular flexibility index (Phi) is 4.53. The number of nitrogens with one attached hydrogen (secondary N) is 1. The highest BCUT2D eigenvalue weighted by atomic mass is 16.2. The summed E-state index contributed by atoms with van der Waals surface area (Å²) in [6.45, 7) is 0.382. The van der Waals surface area contributed by atoms with Gasteiger partial charge >= 0.3 is 0 Å². The third-order valence-corrected chi connectivity index (χ3v) is 6.37. The number of benzene rings is 1. The summed E-state index contributed by atoms with van der Waals surface area (Å²) in [5.41, 5.74) is 6.11. The predicted octanol–water partition coefficient (Wildman–Crippen LogP) is 2.81. The van der Waals surface area contributed by atoms with Gasteiger partial charge in [-0.25, -0.2) is 0 Å². The largest absolute Gasteiger partial charge is 0.322 e. The lowest BCUT2D eigenvalue weighted by Crippen LogP contribution is -2.52. The van der Waals surface area contributed by atoms with Crippen molar-refractivity contribution in [2.75, 3.05) is 0 Å². The second-order valence-corrected chi connectivity index (χ2v) is 8.28. The van der Waals surface area contributed by atoms with Gasteiger partial charge in [0.1, 0.15) is 6.04 Å². The van der Waals surface area contributed by atoms with Gasteiger partial charge in [0.15, 0.2) is 0 Å². The van der Waals surface area contributed by atoms with Crippen LogP contribution in [0, 0.1) is 0 Å². The van der Waals surface area contributed by atoms with Crippen molar-refractivity contribution in [3.8, 4) is 11.1 Å². The van der Waals surface area contributed by atoms with Crippen LogP contribution >= 0.6 is 0 Å². The van der Waals surface area contributed by atoms with Gasteiger partial charge in [0, 0.05) is 31.1 Å². The number of hydrogen-bond donors (Lipinski definition) is 1. The van der Waals surface area contributed by atoms with Crippen molar-refractivity contribution < 1.29 is 14.4 Å². The standard InChI is InChI=1S/C23H24N4O3/c1-26-21(14-5-3-2-4-6-14)18(12-24-26)15-7-8-17-16(11-15)13-27(23(17)30)19-9-10-20(28)25-22(19)29/h5,7-8,11-12,19H,2-4,6,9-10,13H2,1H3,(H,25,28,29). The van der Waals surface area contributed by atoms with Crippen LogP contribution in [0.1, 0.15) is 60.1 Å². The number of piperidine rings is 1. The summed E-state index contributed by atoms with van der Waals surface area (Å²) < 4.78 is 1.93. The van der Waals surface area contributed by atoms with Crippen LogP contribution in [0.5, 0.6) is 0 Å². The van der Waals surface area contributed by atoms with E-state index in [2.05, 4.69) is 16.5 Å². The molecule has 5 rings (SSSR count). The molecule has 0 spiro atoms. The zero-order chi connectivity index (χ0) is 20.8. The lowest BCUT2D eigenvalue weighted by molar-refractivity contribution is -0.136. The molecular weight excluding hydrogens is 380 g/mol. The van der Waals surface area contributed by atoms with Crippen molar-refractivity contribution in [1.82, 2.24) is 20.0 Å². The maximum absolute atomic E-state index is 12.9. The van der Waals surface area contributed by atoms with Gasteiger partial charge in [0.25, 0.3) is 5.91 Å². The number of carbonyl (C=O) groups is 3. The summed E-state index contributed by atoms with van der Waals surface area (Å²) in [6, 6.07) is 5.27. The van der Waals surface area contributed by atoms with Gasteiger partial charge in [-0.3, -0.25) is 24.4 Å². The Morgan fingerprint density at radius 2 is 1.97 bits per heavy atom. The first-order chi connectivity index (χ1) is 14.5. The Morgan fingerprint density at radius 3 is 2.73 bits per heavy atom. The fourth-order valence-electron chi connectivity index (χ4n) is 4.82. The molecule has 2 aliphatic heterocycles. The maximum Gasteiger partial charge on any atom is 0.255 e. The minimum absolute atomic E-state index is 0.146. The van der Waals surface area contributed by atoms with E-state index in [-0.39, 0.29) is 24.1 Å². The molecule has 1 aromatic heterocycles. The molecule has 0 bridgehead atoms. The highest BCUT2D eigenvalue weighted by Gasteiger charge is 2.39. The van der Waals surface area contributed by atoms with Crippen molar-refractivity contribution in [2.45, 2.75) is 51.1 Å². The number of aryl methyl sites for hydroxylation is 1. The maximum atomic E-state index is 12.9. The SMILES string of the molecule is Cn1ncc(-c2ccc3c(c2)CN(C2CCC(=O)NC2=O)C3=O)c1C1=CCCCC1. The number of amides is 3. The average Bonchev–Trinajstić information content (AvgIpc) is 3.28. The van der Waals surface area contributed by atoms with E-state index in [9.17, 15) is 14.4 Å². The topological polar surface area (TPSA) is 84.3 Å². The van der Waals surface area contributed by atoms with Crippen molar-refractivity contribution >= 4 is 23.3 Å². The van der Waals surface area contributed by atoms with Gasteiger partial charge < -0.3 is 4.90 Å². The molecule has 1 N–H and O–H groups in total. The summed E-state index contributed by atoms with van der Waals surface area (Å²) in [5.74, 6) is -0.803. The minimum atomic E-state index is -0.590. The van der Waals surface area contributed by atoms with E-state index in [1.807, 2.05) is 36.1 Å². The lowest BCUT2D eigenvalue weighted by Gasteiger charge is -2.29. The second kappa shape index (κ2) is 7.23. The Labute approximate surface area is 174 Å². The van der Waals surface area contributed by atoms with Gasteiger partial charge in [-0.2, -0.15) is 5.10 Å². The van der Waals surface area contributed by atoms with E-state index in [1.54, 1.807) is 4.90 Å². The molecule has 1 aliphatic carbocycles. The Balaban J connectivity index is 1.47. The summed E-state index contributed by atoms with van der Waals surface area (Å²) in [6.07, 6.45) is 9.41. The van der Waals surface area contributed by atoms with Crippen molar-refractivity contribution in [3.05, 3.63) is 47.3 Å². The highest BCUT2D eigenvalue weighted by molar-refractivity contribution is 6.05. The molecule has 2 aromatic rings. The van der Waals surface area contributed by atoms with Gasteiger partial charge in [-0.15, -0.1) is 0 Å². The fraction of sp³-hybridized carbons (Fsp3) is 0.391. The van der Waals surface area contributed by atoms with Crippen LogP contribution in [0.3, 0.4) is 0 Å². The van der Waals surface area contributed by atoms with Gasteiger partial charge in [-0.1, -0.05) is 12.1 Å². The number of imide groups is 1. The molecule has 1 atom stereocenters. The molecule has 1 aromatic carbocycles. The summed E-state index contributed by atoms with van der Waals surface area (Å²) in [4.78, 5) is 38.2. The number of fused-ring (bicyclic) bond motifs is 1. The van der Waals surface area contributed by atoms with Crippen molar-refractivity contribution in [3.63, 3.8) is 0 Å². The van der Waals surface area contributed by atoms with Crippen LogP contribution in [-0.4, -0.2) is 38.4 Å². The van der Waals surface area contributed by atoms with Gasteiger partial charge in [0.2, 0.25) is 11.8 Å². The molecule has 30 heavy (non-hydrogen) atoms. The van der Waals surface area contributed by atoms with Crippen LogP contribution in [0.4, 0.5) is 0 Å². The second-order valence-electron chi connectivity index (χ2n) is 8.28. The molecule has 1 saturated heterocycles. The van der Waals surface area contributed by atoms with E-state index in [0.717, 1.165) is 35.2 Å². The fourth-order valence-corrected chi connectivity index (χ4v) is 4.82. The zero-order valence-electron chi connectivity index (χ0n) is 17.0. The number of carbonyl (C=O) groups excluding carboxylic acids is 3. The number of rotatable bonds is 3. The monoisotopic (exact) mass is 404 g/mol. The number of allylic oxidation sites excluding steroid dienone is 2. The Morgan fingerprint density at radius 1 is 1.10 bits per heavy atom. The molecule has 3 aliphatic rings. The van der Waals surface area contributed by atoms with Crippen molar-refractivity contribution in [1.29, 1.82) is 0 Å².